The molecule has 0 heterocycles. The molecule has 4 aliphatic rings. The van der Waals surface area contributed by atoms with E-state index >= 15 is 0 Å². The number of hydrogen-bond acceptors (Lipinski definition) is 2. The van der Waals surface area contributed by atoms with Crippen LogP contribution in [0.4, 0.5) is 0 Å². The molecule has 0 saturated heterocycles. The quantitative estimate of drug-likeness (QED) is 0.646. The summed E-state index contributed by atoms with van der Waals surface area (Å²) in [4.78, 5) is 11.8. The van der Waals surface area contributed by atoms with Crippen LogP contribution in [-0.2, 0) is 9.22 Å². The van der Waals surface area contributed by atoms with Crippen LogP contribution in [0.2, 0.25) is 19.6 Å². The highest BCUT2D eigenvalue weighted by Gasteiger charge is 2.52. The lowest BCUT2D eigenvalue weighted by Crippen LogP contribution is -2.44. The first kappa shape index (κ1) is 16.5. The van der Waals surface area contributed by atoms with Gasteiger partial charge in [0.25, 0.3) is 0 Å². The maximum atomic E-state index is 11.8. The molecule has 4 aliphatic carbocycles. The average Bonchev–Trinajstić information content (AvgIpc) is 2.82. The maximum Gasteiger partial charge on any atom is 0.184 e. The van der Waals surface area contributed by atoms with E-state index in [0.29, 0.717) is 30.1 Å². The van der Waals surface area contributed by atoms with E-state index < -0.39 is 8.32 Å². The molecule has 0 aliphatic heterocycles. The summed E-state index contributed by atoms with van der Waals surface area (Å²) in [5, 5.41) is 0. The predicted molar refractivity (Wildman–Crippen MR) is 100 cm³/mol. The topological polar surface area (TPSA) is 26.3 Å². The van der Waals surface area contributed by atoms with Gasteiger partial charge in [0.2, 0.25) is 0 Å². The minimum atomic E-state index is -1.52. The first-order valence-electron chi connectivity index (χ1n) is 9.62. The zero-order valence-corrected chi connectivity index (χ0v) is 16.5. The lowest BCUT2D eigenvalue weighted by molar-refractivity contribution is -0.114. The Balaban J connectivity index is 1.70. The number of carbonyl (C=O) groups excluding carboxylic acids is 1. The zero-order valence-electron chi connectivity index (χ0n) is 15.5. The van der Waals surface area contributed by atoms with Gasteiger partial charge in [0, 0.05) is 11.8 Å². The zero-order chi connectivity index (χ0) is 17.1. The molecular formula is C21H30O2Si. The van der Waals surface area contributed by atoms with Gasteiger partial charge in [-0.15, -0.1) is 0 Å². The molecule has 3 heteroatoms. The standard InChI is InChI=1S/C21H30O2Si/c1-21-12-11-17-16-8-6-15(22)13-14(16)5-7-18(17)19(21)9-10-20(21)23-24(2,3)4/h11-13,18-20H,5-10H2,1-4H3. The van der Waals surface area contributed by atoms with Gasteiger partial charge in [0.15, 0.2) is 14.1 Å². The van der Waals surface area contributed by atoms with Crippen molar-refractivity contribution in [3.8, 4) is 0 Å². The van der Waals surface area contributed by atoms with Gasteiger partial charge in [-0.2, -0.15) is 0 Å². The Labute approximate surface area is 147 Å². The summed E-state index contributed by atoms with van der Waals surface area (Å²) in [6, 6.07) is 0. The number of carbonyl (C=O) groups is 1. The number of fused-ring (bicyclic) bond motifs is 4. The third-order valence-corrected chi connectivity index (χ3v) is 7.64. The van der Waals surface area contributed by atoms with Gasteiger partial charge in [0.1, 0.15) is 0 Å². The lowest BCUT2D eigenvalue weighted by Gasteiger charge is -2.46. The molecule has 0 spiro atoms. The molecule has 4 atom stereocenters. The molecular weight excluding hydrogens is 312 g/mol. The van der Waals surface area contributed by atoms with Crippen molar-refractivity contribution in [2.45, 2.75) is 71.2 Å². The van der Waals surface area contributed by atoms with Crippen molar-refractivity contribution in [1.29, 1.82) is 0 Å². The highest BCUT2D eigenvalue weighted by Crippen LogP contribution is 2.58. The number of rotatable bonds is 2. The predicted octanol–water partition coefficient (Wildman–Crippen LogP) is 5.19. The second-order valence-electron chi connectivity index (χ2n) is 9.32. The molecule has 0 aromatic carbocycles. The second-order valence-corrected chi connectivity index (χ2v) is 13.8. The smallest absolute Gasteiger partial charge is 0.184 e. The molecule has 4 rings (SSSR count). The fourth-order valence-corrected chi connectivity index (χ4v) is 6.81. The van der Waals surface area contributed by atoms with Crippen molar-refractivity contribution in [1.82, 2.24) is 0 Å². The van der Waals surface area contributed by atoms with Crippen molar-refractivity contribution in [2.75, 3.05) is 0 Å². The lowest BCUT2D eigenvalue weighted by atomic mass is 9.60. The van der Waals surface area contributed by atoms with Crippen LogP contribution in [-0.4, -0.2) is 20.2 Å². The minimum Gasteiger partial charge on any atom is -0.414 e. The molecule has 0 amide bonds. The van der Waals surface area contributed by atoms with Crippen molar-refractivity contribution in [3.63, 3.8) is 0 Å². The van der Waals surface area contributed by atoms with Crippen LogP contribution in [0.15, 0.2) is 34.9 Å². The summed E-state index contributed by atoms with van der Waals surface area (Å²) in [5.74, 6) is 1.71. The Morgan fingerprint density at radius 2 is 1.92 bits per heavy atom. The van der Waals surface area contributed by atoms with Crippen molar-refractivity contribution >= 4 is 14.1 Å². The maximum absolute atomic E-state index is 11.8. The van der Waals surface area contributed by atoms with E-state index in [2.05, 4.69) is 38.7 Å². The summed E-state index contributed by atoms with van der Waals surface area (Å²) in [6.45, 7) is 9.35. The normalized spacial score (nSPS) is 38.6. The Bertz CT molecular complexity index is 664. The molecule has 0 radical (unpaired) electrons. The molecule has 0 aromatic heterocycles. The van der Waals surface area contributed by atoms with Crippen LogP contribution in [0.25, 0.3) is 0 Å². The number of allylic oxidation sites excluding steroid dienone is 5. The first-order valence-corrected chi connectivity index (χ1v) is 13.0. The van der Waals surface area contributed by atoms with Crippen LogP contribution in [0.5, 0.6) is 0 Å². The van der Waals surface area contributed by atoms with Gasteiger partial charge in [-0.1, -0.05) is 19.1 Å². The molecule has 130 valence electrons. The average molecular weight is 343 g/mol. The highest BCUT2D eigenvalue weighted by molar-refractivity contribution is 6.69. The Kier molecular flexibility index (Phi) is 3.81. The van der Waals surface area contributed by atoms with Gasteiger partial charge in [-0.25, -0.2) is 0 Å². The van der Waals surface area contributed by atoms with E-state index in [4.69, 9.17) is 4.43 Å². The van der Waals surface area contributed by atoms with E-state index in [9.17, 15) is 4.79 Å². The van der Waals surface area contributed by atoms with E-state index in [0.717, 1.165) is 12.8 Å². The van der Waals surface area contributed by atoms with Crippen LogP contribution in [0, 0.1) is 17.3 Å². The van der Waals surface area contributed by atoms with Crippen LogP contribution < -0.4 is 0 Å². The minimum absolute atomic E-state index is 0.195. The summed E-state index contributed by atoms with van der Waals surface area (Å²) in [5.41, 5.74) is 4.58. The molecule has 24 heavy (non-hydrogen) atoms. The third kappa shape index (κ3) is 2.60. The second kappa shape index (κ2) is 5.53. The monoisotopic (exact) mass is 342 g/mol. The molecule has 4 unspecified atom stereocenters. The summed E-state index contributed by atoms with van der Waals surface area (Å²) < 4.78 is 6.59. The van der Waals surface area contributed by atoms with Gasteiger partial charge in [0.05, 0.1) is 6.10 Å². The van der Waals surface area contributed by atoms with E-state index in [-0.39, 0.29) is 5.41 Å². The van der Waals surface area contributed by atoms with Gasteiger partial charge < -0.3 is 4.43 Å². The van der Waals surface area contributed by atoms with Crippen molar-refractivity contribution < 1.29 is 9.22 Å². The fourth-order valence-electron chi connectivity index (χ4n) is 5.59. The molecule has 1 fully saturated rings. The summed E-state index contributed by atoms with van der Waals surface area (Å²) in [7, 11) is -1.52. The number of ketones is 1. The van der Waals surface area contributed by atoms with Crippen LogP contribution in [0.3, 0.4) is 0 Å². The highest BCUT2D eigenvalue weighted by atomic mass is 28.4. The van der Waals surface area contributed by atoms with E-state index in [1.165, 1.54) is 30.4 Å². The van der Waals surface area contributed by atoms with E-state index in [1.54, 1.807) is 5.57 Å². The molecule has 0 bridgehead atoms. The summed E-state index contributed by atoms with van der Waals surface area (Å²) in [6.07, 6.45) is 13.6. The van der Waals surface area contributed by atoms with Crippen LogP contribution in [0.1, 0.15) is 45.4 Å². The summed E-state index contributed by atoms with van der Waals surface area (Å²) >= 11 is 0. The molecule has 0 N–H and O–H groups in total. The number of hydrogen-bond donors (Lipinski definition) is 0. The van der Waals surface area contributed by atoms with Crippen molar-refractivity contribution in [3.05, 3.63) is 34.9 Å². The van der Waals surface area contributed by atoms with Gasteiger partial charge in [-0.3, -0.25) is 4.79 Å². The first-order chi connectivity index (χ1) is 11.3. The molecule has 2 nitrogen and oxygen atoms in total. The third-order valence-electron chi connectivity index (χ3n) is 6.65. The largest absolute Gasteiger partial charge is 0.414 e. The SMILES string of the molecule is CC12C=CC3=C4CCC(=O)C=C4CCC3C1CCC2O[Si](C)(C)C. The Hall–Kier alpha value is -0.933. The van der Waals surface area contributed by atoms with Gasteiger partial charge >= 0.3 is 0 Å². The molecule has 1 saturated carbocycles. The van der Waals surface area contributed by atoms with Crippen LogP contribution >= 0.6 is 0 Å². The Morgan fingerprint density at radius 3 is 2.67 bits per heavy atom. The Morgan fingerprint density at radius 1 is 1.12 bits per heavy atom. The fraction of sp³-hybridized carbons (Fsp3) is 0.667. The van der Waals surface area contributed by atoms with Crippen molar-refractivity contribution in [2.24, 2.45) is 17.3 Å². The van der Waals surface area contributed by atoms with Gasteiger partial charge in [-0.05, 0) is 86.4 Å². The van der Waals surface area contributed by atoms with E-state index in [1.807, 2.05) is 6.08 Å². The molecule has 0 aromatic rings.